The molecule has 9 heteroatoms. The minimum Gasteiger partial charge on any atom is -0.493 e. The predicted molar refractivity (Wildman–Crippen MR) is 116 cm³/mol. The molecule has 32 heavy (non-hydrogen) atoms. The van der Waals surface area contributed by atoms with Gasteiger partial charge in [-0.1, -0.05) is 30.8 Å². The molecule has 0 radical (unpaired) electrons. The number of fused-ring (bicyclic) bond motifs is 2. The Hall–Kier alpha value is -3.07. The second-order valence-corrected chi connectivity index (χ2v) is 8.84. The van der Waals surface area contributed by atoms with Crippen molar-refractivity contribution >= 4 is 28.8 Å². The topological polar surface area (TPSA) is 61.3 Å². The number of aldehydes is 1. The lowest BCUT2D eigenvalue weighted by molar-refractivity contribution is -0.140. The fourth-order valence-corrected chi connectivity index (χ4v) is 4.68. The number of ether oxygens (including phenoxy) is 2. The molecule has 0 amide bonds. The molecule has 2 aromatic carbocycles. The van der Waals surface area contributed by atoms with Gasteiger partial charge >= 0.3 is 6.18 Å². The monoisotopic (exact) mass is 460 g/mol. The molecule has 0 spiro atoms. The Morgan fingerprint density at radius 2 is 2.00 bits per heavy atom. The fraction of sp³-hybridized carbons (Fsp3) is 0.261. The number of allylic oxidation sites excluding steroid dienone is 1. The number of aromatic nitrogens is 2. The van der Waals surface area contributed by atoms with Crippen LogP contribution >= 0.6 is 11.8 Å². The molecule has 3 aromatic rings. The van der Waals surface area contributed by atoms with E-state index in [2.05, 4.69) is 16.8 Å². The van der Waals surface area contributed by atoms with E-state index in [-0.39, 0.29) is 27.8 Å². The summed E-state index contributed by atoms with van der Waals surface area (Å²) >= 11 is 1.42. The molecule has 1 unspecified atom stereocenters. The molecule has 4 rings (SSSR count). The van der Waals surface area contributed by atoms with E-state index in [1.807, 2.05) is 13.0 Å². The fourth-order valence-electron chi connectivity index (χ4n) is 3.71. The van der Waals surface area contributed by atoms with Crippen LogP contribution in [0.4, 0.5) is 13.2 Å². The quantitative estimate of drug-likeness (QED) is 0.412. The van der Waals surface area contributed by atoms with Gasteiger partial charge in [0, 0.05) is 22.8 Å². The summed E-state index contributed by atoms with van der Waals surface area (Å²) in [6.07, 6.45) is -3.02. The van der Waals surface area contributed by atoms with E-state index in [1.54, 1.807) is 18.2 Å². The lowest BCUT2D eigenvalue weighted by atomic mass is 9.90. The summed E-state index contributed by atoms with van der Waals surface area (Å²) in [5, 5.41) is 6.85. The molecule has 0 N–H and O–H groups in total. The highest BCUT2D eigenvalue weighted by molar-refractivity contribution is 8.04. The second-order valence-electron chi connectivity index (χ2n) is 7.36. The van der Waals surface area contributed by atoms with Crippen LogP contribution in [0.15, 0.2) is 53.9 Å². The summed E-state index contributed by atoms with van der Waals surface area (Å²) in [5.41, 5.74) is -0.190. The van der Waals surface area contributed by atoms with Crippen molar-refractivity contribution in [2.75, 3.05) is 6.61 Å². The molecule has 0 aliphatic carbocycles. The summed E-state index contributed by atoms with van der Waals surface area (Å²) in [4.78, 5) is 12.5. The average molecular weight is 460 g/mol. The molecule has 2 heterocycles. The van der Waals surface area contributed by atoms with Crippen LogP contribution in [0.5, 0.6) is 17.4 Å². The summed E-state index contributed by atoms with van der Waals surface area (Å²) in [5.74, 6) is 0.833. The van der Waals surface area contributed by atoms with Gasteiger partial charge in [0.15, 0.2) is 5.69 Å². The number of halogens is 3. The van der Waals surface area contributed by atoms with E-state index >= 15 is 0 Å². The molecule has 166 valence electrons. The number of carbonyl (C=O) groups excluding carboxylic acids is 1. The van der Waals surface area contributed by atoms with Crippen molar-refractivity contribution in [1.82, 2.24) is 10.2 Å². The van der Waals surface area contributed by atoms with E-state index < -0.39 is 11.9 Å². The first-order chi connectivity index (χ1) is 15.3. The predicted octanol–water partition coefficient (Wildman–Crippen LogP) is 6.14. The van der Waals surface area contributed by atoms with Crippen molar-refractivity contribution in [3.05, 3.63) is 65.2 Å². The van der Waals surface area contributed by atoms with Gasteiger partial charge in [0.2, 0.25) is 5.88 Å². The van der Waals surface area contributed by atoms with Crippen molar-refractivity contribution in [3.8, 4) is 17.4 Å². The van der Waals surface area contributed by atoms with Crippen LogP contribution in [-0.4, -0.2) is 28.3 Å². The van der Waals surface area contributed by atoms with Crippen molar-refractivity contribution < 1.29 is 27.4 Å². The first-order valence-corrected chi connectivity index (χ1v) is 10.7. The summed E-state index contributed by atoms with van der Waals surface area (Å²) in [6.45, 7) is 6.16. The van der Waals surface area contributed by atoms with Gasteiger partial charge in [-0.25, -0.2) is 0 Å². The molecule has 1 aliphatic heterocycles. The Morgan fingerprint density at radius 3 is 2.69 bits per heavy atom. The lowest BCUT2D eigenvalue weighted by Crippen LogP contribution is -2.24. The van der Waals surface area contributed by atoms with E-state index in [1.165, 1.54) is 30.0 Å². The molecule has 0 bridgehead atoms. The van der Waals surface area contributed by atoms with E-state index in [0.717, 1.165) is 16.8 Å². The highest BCUT2D eigenvalue weighted by atomic mass is 32.2. The number of hydrogen-bond acceptors (Lipinski definition) is 6. The highest BCUT2D eigenvalue weighted by Crippen LogP contribution is 2.43. The zero-order chi connectivity index (χ0) is 22.9. The number of nitrogens with zero attached hydrogens (tertiary/aromatic N) is 2. The van der Waals surface area contributed by atoms with Crippen LogP contribution in [0, 0.1) is 0 Å². The van der Waals surface area contributed by atoms with Gasteiger partial charge in [-0.2, -0.15) is 13.2 Å². The molecule has 2 atom stereocenters. The average Bonchev–Trinajstić information content (AvgIpc) is 2.76. The first kappa shape index (κ1) is 22.1. The van der Waals surface area contributed by atoms with Crippen LogP contribution < -0.4 is 9.47 Å². The van der Waals surface area contributed by atoms with Gasteiger partial charge in [-0.05, 0) is 35.9 Å². The Morgan fingerprint density at radius 1 is 1.25 bits per heavy atom. The smallest absolute Gasteiger partial charge is 0.435 e. The van der Waals surface area contributed by atoms with Crippen LogP contribution in [-0.2, 0) is 11.0 Å². The molecule has 0 saturated carbocycles. The maximum atomic E-state index is 13.3. The molecular weight excluding hydrogens is 441 g/mol. The van der Waals surface area contributed by atoms with Gasteiger partial charge < -0.3 is 14.3 Å². The van der Waals surface area contributed by atoms with Crippen molar-refractivity contribution in [2.24, 2.45) is 0 Å². The SMILES string of the molecule is C=C(C)S[C@H](C=O)C1CCOc2cc(Oc3nnc(C(F)(F)F)c4ccccc34)ccc21. The third-order valence-corrected chi connectivity index (χ3v) is 6.19. The zero-order valence-electron chi connectivity index (χ0n) is 17.1. The van der Waals surface area contributed by atoms with Gasteiger partial charge in [0.05, 0.1) is 11.9 Å². The normalized spacial score (nSPS) is 16.7. The third-order valence-electron chi connectivity index (χ3n) is 5.08. The Balaban J connectivity index is 1.67. The molecular formula is C23H19F3N2O3S. The number of alkyl halides is 3. The number of rotatable bonds is 6. The minimum absolute atomic E-state index is 0.0375. The van der Waals surface area contributed by atoms with Crippen LogP contribution in [0.3, 0.4) is 0 Å². The Bertz CT molecular complexity index is 1180. The minimum atomic E-state index is -4.63. The highest BCUT2D eigenvalue weighted by Gasteiger charge is 2.36. The number of carbonyl (C=O) groups is 1. The molecule has 1 aromatic heterocycles. The van der Waals surface area contributed by atoms with Gasteiger partial charge in [-0.3, -0.25) is 0 Å². The summed E-state index contributed by atoms with van der Waals surface area (Å²) in [7, 11) is 0. The standard InChI is InChI=1S/C23H19F3N2O3S/c1-13(2)32-20(12-29)16-9-10-30-19-11-14(7-8-15(16)19)31-22-18-6-4-3-5-17(18)21(27-28-22)23(24,25)26/h3-8,11-12,16,20H,1,9-10H2,2H3/t16?,20-/m1/s1. The maximum Gasteiger partial charge on any atom is 0.435 e. The van der Waals surface area contributed by atoms with Gasteiger partial charge in [-0.15, -0.1) is 22.0 Å². The van der Waals surface area contributed by atoms with E-state index in [0.29, 0.717) is 24.5 Å². The Labute approximate surface area is 186 Å². The largest absolute Gasteiger partial charge is 0.493 e. The number of thioether (sulfide) groups is 1. The van der Waals surface area contributed by atoms with Crippen LogP contribution in [0.1, 0.15) is 30.5 Å². The Kier molecular flexibility index (Phi) is 6.10. The summed E-state index contributed by atoms with van der Waals surface area (Å²) < 4.78 is 51.4. The molecule has 0 saturated heterocycles. The van der Waals surface area contributed by atoms with E-state index in [9.17, 15) is 18.0 Å². The van der Waals surface area contributed by atoms with Crippen molar-refractivity contribution in [3.63, 3.8) is 0 Å². The molecule has 5 nitrogen and oxygen atoms in total. The van der Waals surface area contributed by atoms with E-state index in [4.69, 9.17) is 9.47 Å². The zero-order valence-corrected chi connectivity index (χ0v) is 17.9. The second kappa shape index (κ2) is 8.82. The number of hydrogen-bond donors (Lipinski definition) is 0. The summed E-state index contributed by atoms with van der Waals surface area (Å²) in [6, 6.07) is 11.1. The molecule has 0 fully saturated rings. The van der Waals surface area contributed by atoms with Crippen molar-refractivity contribution in [1.29, 1.82) is 0 Å². The van der Waals surface area contributed by atoms with Gasteiger partial charge in [0.25, 0.3) is 0 Å². The maximum absolute atomic E-state index is 13.3. The first-order valence-electron chi connectivity index (χ1n) is 9.82. The lowest BCUT2D eigenvalue weighted by Gasteiger charge is -2.29. The van der Waals surface area contributed by atoms with Crippen LogP contribution in [0.25, 0.3) is 10.8 Å². The number of benzene rings is 2. The van der Waals surface area contributed by atoms with Gasteiger partial charge in [0.1, 0.15) is 17.8 Å². The third kappa shape index (κ3) is 4.43. The molecule has 1 aliphatic rings. The van der Waals surface area contributed by atoms with Crippen molar-refractivity contribution in [2.45, 2.75) is 30.7 Å². The van der Waals surface area contributed by atoms with Crippen LogP contribution in [0.2, 0.25) is 0 Å².